The third-order valence-corrected chi connectivity index (χ3v) is 6.89. The van der Waals surface area contributed by atoms with Gasteiger partial charge in [0.1, 0.15) is 0 Å². The Kier molecular flexibility index (Phi) is 62.1. The van der Waals surface area contributed by atoms with Crippen LogP contribution in [0, 0.1) is 125 Å². The lowest BCUT2D eigenvalue weighted by molar-refractivity contribution is 1.48. The van der Waals surface area contributed by atoms with E-state index in [0.29, 0.717) is 0 Å². The molecule has 0 saturated carbocycles. The van der Waals surface area contributed by atoms with Gasteiger partial charge in [-0.05, 0) is 119 Å². The molecule has 0 N–H and O–H groups in total. The molecular formula is C70H76. The molecule has 0 aliphatic rings. The first-order chi connectivity index (χ1) is 33.9. The standard InChI is InChI=1S/3C9H8.4C7H8.5C3H4/c3*1-2-6-9-7-4-3-5-8-9;4*1-7-5-3-2-4-6-7;5*1-3-2/h3*3-5,7-8H,1H3;4*2-6H,1H3;5*1H,2H3. The highest BCUT2D eigenvalue weighted by molar-refractivity contribution is 5.34. The summed E-state index contributed by atoms with van der Waals surface area (Å²) in [5.41, 5.74) is 8.54. The van der Waals surface area contributed by atoms with Crippen LogP contribution in [0.3, 0.4) is 0 Å². The molecule has 7 aromatic rings. The summed E-state index contributed by atoms with van der Waals surface area (Å²) in [6.45, 7) is 22.1. The van der Waals surface area contributed by atoms with Crippen molar-refractivity contribution in [3.63, 3.8) is 0 Å². The van der Waals surface area contributed by atoms with Crippen LogP contribution in [0.1, 0.15) is 94.3 Å². The van der Waals surface area contributed by atoms with E-state index < -0.39 is 0 Å². The Hall–Kier alpha value is -8.98. The molecule has 7 aromatic carbocycles. The molecule has 0 aromatic heterocycles. The highest BCUT2D eigenvalue weighted by Crippen LogP contribution is 1.97. The van der Waals surface area contributed by atoms with Crippen molar-refractivity contribution in [1.29, 1.82) is 0 Å². The molecule has 0 amide bonds. The largest absolute Gasteiger partial charge is 0.120 e. The van der Waals surface area contributed by atoms with E-state index in [1.165, 1.54) is 22.3 Å². The summed E-state index contributed by atoms with van der Waals surface area (Å²) in [6.07, 6.45) is 23.0. The van der Waals surface area contributed by atoms with Gasteiger partial charge in [0.2, 0.25) is 0 Å². The zero-order valence-corrected chi connectivity index (χ0v) is 44.1. The number of aryl methyl sites for hydroxylation is 4. The van der Waals surface area contributed by atoms with Crippen LogP contribution in [-0.4, -0.2) is 0 Å². The predicted molar refractivity (Wildman–Crippen MR) is 314 cm³/mol. The topological polar surface area (TPSA) is 0 Å². The maximum atomic E-state index is 4.60. The fourth-order valence-electron chi connectivity index (χ4n) is 4.13. The van der Waals surface area contributed by atoms with Crippen molar-refractivity contribution in [3.8, 4) is 97.2 Å². The summed E-state index contributed by atoms with van der Waals surface area (Å²) in [7, 11) is 0. The number of rotatable bonds is 0. The fraction of sp³-hybridized carbons (Fsp3) is 0.171. The summed E-state index contributed by atoms with van der Waals surface area (Å²) >= 11 is 0. The molecule has 70 heavy (non-hydrogen) atoms. The van der Waals surface area contributed by atoms with Gasteiger partial charge >= 0.3 is 0 Å². The summed E-state index contributed by atoms with van der Waals surface area (Å²) in [6, 6.07) is 70.9. The van der Waals surface area contributed by atoms with Crippen LogP contribution in [0.4, 0.5) is 0 Å². The van der Waals surface area contributed by atoms with Crippen molar-refractivity contribution in [1.82, 2.24) is 0 Å². The van der Waals surface area contributed by atoms with E-state index in [2.05, 4.69) is 173 Å². The van der Waals surface area contributed by atoms with Gasteiger partial charge in [-0.25, -0.2) is 0 Å². The van der Waals surface area contributed by atoms with Crippen LogP contribution in [0.2, 0.25) is 0 Å². The average molecular weight is 917 g/mol. The van der Waals surface area contributed by atoms with Crippen LogP contribution < -0.4 is 0 Å². The smallest absolute Gasteiger partial charge is 0.0245 e. The minimum absolute atomic E-state index is 1.08. The van der Waals surface area contributed by atoms with Gasteiger partial charge in [-0.1, -0.05) is 216 Å². The molecule has 0 nitrogen and oxygen atoms in total. The number of benzene rings is 7. The van der Waals surface area contributed by atoms with Crippen molar-refractivity contribution < 1.29 is 0 Å². The van der Waals surface area contributed by atoms with Gasteiger partial charge in [-0.15, -0.1) is 79.5 Å². The van der Waals surface area contributed by atoms with Gasteiger partial charge in [0, 0.05) is 16.7 Å². The summed E-state index contributed by atoms with van der Waals surface area (Å²) < 4.78 is 0. The monoisotopic (exact) mass is 917 g/mol. The first kappa shape index (κ1) is 70.0. The zero-order chi connectivity index (χ0) is 53.6. The fourth-order valence-corrected chi connectivity index (χ4v) is 4.13. The van der Waals surface area contributed by atoms with Crippen LogP contribution in [-0.2, 0) is 0 Å². The SMILES string of the molecule is C#CC.C#CC.C#CC.C#CC.C#CC.CC#Cc1ccccc1.CC#Cc1ccccc1.CC#Cc1ccccc1.Cc1ccccc1.Cc1ccccc1.Cc1ccccc1.Cc1ccccc1. The number of hydrogen-bond donors (Lipinski definition) is 0. The summed E-state index contributed by atoms with van der Waals surface area (Å²) in [4.78, 5) is 0. The third-order valence-electron chi connectivity index (χ3n) is 6.89. The molecule has 0 radical (unpaired) electrons. The quantitative estimate of drug-likeness (QED) is 0.133. The molecule has 356 valence electrons. The van der Waals surface area contributed by atoms with Crippen molar-refractivity contribution in [2.24, 2.45) is 0 Å². The Morgan fingerprint density at radius 3 is 0.414 bits per heavy atom. The van der Waals surface area contributed by atoms with E-state index in [1.54, 1.807) is 34.6 Å². The maximum absolute atomic E-state index is 4.60. The lowest BCUT2D eigenvalue weighted by atomic mass is 10.2. The van der Waals surface area contributed by atoms with Crippen molar-refractivity contribution in [2.45, 2.75) is 83.1 Å². The van der Waals surface area contributed by atoms with E-state index >= 15 is 0 Å². The van der Waals surface area contributed by atoms with Crippen molar-refractivity contribution in [2.75, 3.05) is 0 Å². The lowest BCUT2D eigenvalue weighted by Gasteiger charge is -1.83. The summed E-state index contributed by atoms with van der Waals surface area (Å²) in [5.74, 6) is 28.6. The van der Waals surface area contributed by atoms with Crippen LogP contribution in [0.5, 0.6) is 0 Å². The molecule has 0 aliphatic heterocycles. The second kappa shape index (κ2) is 62.1. The van der Waals surface area contributed by atoms with E-state index in [1.807, 2.05) is 185 Å². The van der Waals surface area contributed by atoms with Gasteiger partial charge in [0.05, 0.1) is 0 Å². The lowest BCUT2D eigenvalue weighted by Crippen LogP contribution is -1.67. The van der Waals surface area contributed by atoms with Crippen LogP contribution in [0.15, 0.2) is 212 Å². The first-order valence-corrected chi connectivity index (χ1v) is 22.3. The van der Waals surface area contributed by atoms with Crippen molar-refractivity contribution >= 4 is 0 Å². The Morgan fingerprint density at radius 2 is 0.329 bits per heavy atom. The highest BCUT2D eigenvalue weighted by atomic mass is 13.8. The molecule has 0 aliphatic carbocycles. The minimum Gasteiger partial charge on any atom is -0.120 e. The molecule has 0 bridgehead atoms. The van der Waals surface area contributed by atoms with Gasteiger partial charge in [-0.2, -0.15) is 0 Å². The Morgan fingerprint density at radius 1 is 0.214 bits per heavy atom. The molecule has 0 atom stereocenters. The molecular weight excluding hydrogens is 841 g/mol. The normalized spacial score (nSPS) is 7.01. The van der Waals surface area contributed by atoms with Crippen LogP contribution in [0.25, 0.3) is 0 Å². The third kappa shape index (κ3) is 63.3. The Balaban J connectivity index is -0.000000225. The Labute approximate surface area is 429 Å². The molecule has 0 heterocycles. The first-order valence-electron chi connectivity index (χ1n) is 22.3. The summed E-state index contributed by atoms with van der Waals surface area (Å²) in [5, 5.41) is 0. The zero-order valence-electron chi connectivity index (χ0n) is 44.1. The average Bonchev–Trinajstić information content (AvgIpc) is 3.36. The Bertz CT molecular complexity index is 2200. The van der Waals surface area contributed by atoms with Gasteiger partial charge in [0.25, 0.3) is 0 Å². The van der Waals surface area contributed by atoms with E-state index in [-0.39, 0.29) is 0 Å². The molecule has 0 fully saturated rings. The van der Waals surface area contributed by atoms with Crippen molar-refractivity contribution in [3.05, 3.63) is 251 Å². The highest BCUT2D eigenvalue weighted by Gasteiger charge is 1.80. The molecule has 7 rings (SSSR count). The van der Waals surface area contributed by atoms with Crippen LogP contribution >= 0.6 is 0 Å². The van der Waals surface area contributed by atoms with E-state index in [0.717, 1.165) is 16.7 Å². The van der Waals surface area contributed by atoms with Gasteiger partial charge in [0.15, 0.2) is 0 Å². The predicted octanol–water partition coefficient (Wildman–Crippen LogP) is 17.4. The maximum Gasteiger partial charge on any atom is 0.0245 e. The second-order valence-electron chi connectivity index (χ2n) is 13.3. The minimum atomic E-state index is 1.08. The number of terminal acetylenes is 5. The molecule has 0 saturated heterocycles. The molecule has 0 heteroatoms. The number of hydrogen-bond acceptors (Lipinski definition) is 0. The van der Waals surface area contributed by atoms with E-state index in [4.69, 9.17) is 0 Å². The van der Waals surface area contributed by atoms with Gasteiger partial charge < -0.3 is 0 Å². The molecule has 0 unspecified atom stereocenters. The molecule has 0 spiro atoms. The van der Waals surface area contributed by atoms with Gasteiger partial charge in [-0.3, -0.25) is 0 Å². The second-order valence-corrected chi connectivity index (χ2v) is 13.3. The van der Waals surface area contributed by atoms with E-state index in [9.17, 15) is 0 Å².